The third-order valence-corrected chi connectivity index (χ3v) is 5.39. The Hall–Kier alpha value is -3.76. The molecular weight excluding hydrogens is 432 g/mol. The van der Waals surface area contributed by atoms with E-state index in [0.717, 1.165) is 10.9 Å². The summed E-state index contributed by atoms with van der Waals surface area (Å²) in [5.74, 6) is -0.218. The average Bonchev–Trinajstić information content (AvgIpc) is 3.39. The van der Waals surface area contributed by atoms with Crippen LogP contribution in [0.5, 0.6) is 11.5 Å². The van der Waals surface area contributed by atoms with E-state index in [9.17, 15) is 22.4 Å². The van der Waals surface area contributed by atoms with E-state index in [1.165, 1.54) is 24.3 Å². The first-order valence-electron chi connectivity index (χ1n) is 9.67. The minimum Gasteiger partial charge on any atom is -0.454 e. The van der Waals surface area contributed by atoms with Gasteiger partial charge in [-0.3, -0.25) is 4.79 Å². The maximum Gasteiger partial charge on any atom is 0.410 e. The molecule has 5 rings (SSSR count). The van der Waals surface area contributed by atoms with Crippen molar-refractivity contribution in [3.63, 3.8) is 0 Å². The number of halogens is 4. The van der Waals surface area contributed by atoms with E-state index in [0.29, 0.717) is 22.7 Å². The van der Waals surface area contributed by atoms with Crippen molar-refractivity contribution in [2.24, 2.45) is 0 Å². The van der Waals surface area contributed by atoms with Crippen LogP contribution in [0.1, 0.15) is 34.4 Å². The Labute approximate surface area is 178 Å². The lowest BCUT2D eigenvalue weighted by Gasteiger charge is -2.34. The van der Waals surface area contributed by atoms with Gasteiger partial charge in [0, 0.05) is 18.2 Å². The first-order valence-corrected chi connectivity index (χ1v) is 9.67. The minimum absolute atomic E-state index is 0.0521. The Kier molecular flexibility index (Phi) is 4.68. The molecule has 11 heteroatoms. The van der Waals surface area contributed by atoms with Gasteiger partial charge in [-0.1, -0.05) is 12.1 Å². The molecule has 0 saturated carbocycles. The average molecular weight is 448 g/mol. The number of alkyl halides is 3. The zero-order chi connectivity index (χ0) is 22.5. The van der Waals surface area contributed by atoms with Gasteiger partial charge in [0.25, 0.3) is 5.91 Å². The number of carbonyl (C=O) groups is 1. The molecule has 0 bridgehead atoms. The maximum absolute atomic E-state index is 13.8. The number of hydrogen-bond acceptors (Lipinski definition) is 5. The molecule has 2 atom stereocenters. The normalized spacial score (nSPS) is 19.2. The van der Waals surface area contributed by atoms with Gasteiger partial charge in [-0.05, 0) is 29.8 Å². The Morgan fingerprint density at radius 2 is 1.88 bits per heavy atom. The molecule has 0 unspecified atom stereocenters. The summed E-state index contributed by atoms with van der Waals surface area (Å²) in [5, 5.41) is 9.44. The van der Waals surface area contributed by atoms with Gasteiger partial charge >= 0.3 is 6.18 Å². The number of ether oxygens (including phenoxy) is 2. The van der Waals surface area contributed by atoms with Crippen LogP contribution < -0.4 is 20.1 Å². The van der Waals surface area contributed by atoms with Crippen LogP contribution in [0.15, 0.2) is 48.7 Å². The van der Waals surface area contributed by atoms with E-state index in [1.807, 2.05) is 0 Å². The standard InChI is InChI=1S/C21H16F4N4O3/c22-12-3-1-11(2-4-12)15-8-18(21(23,24)25)29-19(28-15)14(9-26-29)20(30)27-13-5-6-16-17(7-13)32-10-31-16/h1-7,9,15,18,28H,8,10H2,(H,27,30)/t15-,18+/m1/s1. The number of hydrogen-bond donors (Lipinski definition) is 2. The first kappa shape index (κ1) is 20.2. The van der Waals surface area contributed by atoms with Crippen LogP contribution in [0.25, 0.3) is 0 Å². The highest BCUT2D eigenvalue weighted by molar-refractivity contribution is 6.07. The molecule has 0 spiro atoms. The van der Waals surface area contributed by atoms with Gasteiger partial charge in [0.2, 0.25) is 6.79 Å². The number of benzene rings is 2. The number of nitrogens with one attached hydrogen (secondary N) is 2. The van der Waals surface area contributed by atoms with Gasteiger partial charge in [-0.25, -0.2) is 9.07 Å². The molecule has 1 aromatic heterocycles. The molecular formula is C21H16F4N4O3. The lowest BCUT2D eigenvalue weighted by molar-refractivity contribution is -0.173. The van der Waals surface area contributed by atoms with Gasteiger partial charge in [0.05, 0.1) is 12.2 Å². The highest BCUT2D eigenvalue weighted by Crippen LogP contribution is 2.44. The molecule has 7 nitrogen and oxygen atoms in total. The number of anilines is 2. The Morgan fingerprint density at radius 3 is 2.62 bits per heavy atom. The molecule has 3 aromatic rings. The molecule has 2 aliphatic heterocycles. The molecule has 0 fully saturated rings. The summed E-state index contributed by atoms with van der Waals surface area (Å²) in [6, 6.07) is 7.23. The zero-order valence-electron chi connectivity index (χ0n) is 16.3. The zero-order valence-corrected chi connectivity index (χ0v) is 16.3. The lowest BCUT2D eigenvalue weighted by Crippen LogP contribution is -2.36. The quantitative estimate of drug-likeness (QED) is 0.570. The molecule has 32 heavy (non-hydrogen) atoms. The van der Waals surface area contributed by atoms with E-state index in [-0.39, 0.29) is 24.6 Å². The van der Waals surface area contributed by atoms with Crippen LogP contribution in [-0.4, -0.2) is 28.7 Å². The number of carbonyl (C=O) groups excluding carboxylic acids is 1. The summed E-state index contributed by atoms with van der Waals surface area (Å²) in [5.41, 5.74) is 0.802. The second-order valence-electron chi connectivity index (χ2n) is 7.42. The molecule has 3 heterocycles. The molecule has 0 saturated heterocycles. The largest absolute Gasteiger partial charge is 0.454 e. The SMILES string of the molecule is O=C(Nc1ccc2c(c1)OCO2)c1cnn2c1N[C@@H](c1ccc(F)cc1)C[C@H]2C(F)(F)F. The highest BCUT2D eigenvalue weighted by Gasteiger charge is 2.47. The second-order valence-corrected chi connectivity index (χ2v) is 7.42. The monoisotopic (exact) mass is 448 g/mol. The topological polar surface area (TPSA) is 77.4 Å². The summed E-state index contributed by atoms with van der Waals surface area (Å²) in [7, 11) is 0. The smallest absolute Gasteiger partial charge is 0.410 e. The van der Waals surface area contributed by atoms with Crippen LogP contribution in [0.4, 0.5) is 29.1 Å². The molecule has 2 N–H and O–H groups in total. The molecule has 0 radical (unpaired) electrons. The van der Waals surface area contributed by atoms with Crippen molar-refractivity contribution in [3.8, 4) is 11.5 Å². The van der Waals surface area contributed by atoms with E-state index in [4.69, 9.17) is 9.47 Å². The molecule has 2 aromatic carbocycles. The van der Waals surface area contributed by atoms with E-state index in [1.54, 1.807) is 18.2 Å². The van der Waals surface area contributed by atoms with E-state index < -0.39 is 30.0 Å². The highest BCUT2D eigenvalue weighted by atomic mass is 19.4. The van der Waals surface area contributed by atoms with Crippen LogP contribution >= 0.6 is 0 Å². The maximum atomic E-state index is 13.8. The summed E-state index contributed by atoms with van der Waals surface area (Å²) in [6.45, 7) is 0.0666. The van der Waals surface area contributed by atoms with Crippen molar-refractivity contribution in [2.45, 2.75) is 24.7 Å². The molecule has 1 amide bonds. The van der Waals surface area contributed by atoms with Crippen LogP contribution in [-0.2, 0) is 0 Å². The van der Waals surface area contributed by atoms with Gasteiger partial charge < -0.3 is 20.1 Å². The van der Waals surface area contributed by atoms with Gasteiger partial charge in [-0.2, -0.15) is 18.3 Å². The second kappa shape index (κ2) is 7.43. The van der Waals surface area contributed by atoms with Gasteiger partial charge in [-0.15, -0.1) is 0 Å². The number of rotatable bonds is 3. The van der Waals surface area contributed by atoms with Crippen LogP contribution in [0.3, 0.4) is 0 Å². The Morgan fingerprint density at radius 1 is 1.12 bits per heavy atom. The van der Waals surface area contributed by atoms with E-state index >= 15 is 0 Å². The summed E-state index contributed by atoms with van der Waals surface area (Å²) >= 11 is 0. The van der Waals surface area contributed by atoms with Crippen molar-refractivity contribution < 1.29 is 31.8 Å². The van der Waals surface area contributed by atoms with Gasteiger partial charge in [0.15, 0.2) is 17.5 Å². The molecule has 2 aliphatic rings. The fourth-order valence-electron chi connectivity index (χ4n) is 3.82. The predicted octanol–water partition coefficient (Wildman–Crippen LogP) is 4.66. The number of amides is 1. The van der Waals surface area contributed by atoms with E-state index in [2.05, 4.69) is 15.7 Å². The fraction of sp³-hybridized carbons (Fsp3) is 0.238. The third kappa shape index (κ3) is 3.59. The Balaban J connectivity index is 1.46. The number of fused-ring (bicyclic) bond motifs is 2. The first-order chi connectivity index (χ1) is 15.3. The number of nitrogens with zero attached hydrogens (tertiary/aromatic N) is 2. The van der Waals surface area contributed by atoms with Crippen molar-refractivity contribution in [1.29, 1.82) is 0 Å². The van der Waals surface area contributed by atoms with Crippen molar-refractivity contribution >= 4 is 17.4 Å². The number of aromatic nitrogens is 2. The lowest BCUT2D eigenvalue weighted by atomic mass is 9.96. The summed E-state index contributed by atoms with van der Waals surface area (Å²) in [4.78, 5) is 12.9. The molecule has 0 aliphatic carbocycles. The van der Waals surface area contributed by atoms with Crippen molar-refractivity contribution in [2.75, 3.05) is 17.4 Å². The third-order valence-electron chi connectivity index (χ3n) is 5.39. The van der Waals surface area contributed by atoms with Crippen LogP contribution in [0.2, 0.25) is 0 Å². The Bertz CT molecular complexity index is 1180. The summed E-state index contributed by atoms with van der Waals surface area (Å²) in [6.07, 6.45) is -3.85. The minimum atomic E-state index is -4.59. The van der Waals surface area contributed by atoms with Gasteiger partial charge in [0.1, 0.15) is 17.2 Å². The van der Waals surface area contributed by atoms with Crippen LogP contribution in [0, 0.1) is 5.82 Å². The van der Waals surface area contributed by atoms with Crippen molar-refractivity contribution in [3.05, 3.63) is 65.6 Å². The fourth-order valence-corrected chi connectivity index (χ4v) is 3.82. The predicted molar refractivity (Wildman–Crippen MR) is 105 cm³/mol. The van der Waals surface area contributed by atoms with Crippen molar-refractivity contribution in [1.82, 2.24) is 9.78 Å². The summed E-state index contributed by atoms with van der Waals surface area (Å²) < 4.78 is 65.9. The molecule has 166 valence electrons.